The Morgan fingerprint density at radius 1 is 1.38 bits per heavy atom. The Bertz CT molecular complexity index is 470. The number of hydrogen-bond acceptors (Lipinski definition) is 7. The smallest absolute Gasteiger partial charge is 0.279 e. The highest BCUT2D eigenvalue weighted by Gasteiger charge is 2.06. The maximum absolute atomic E-state index is 10.7. The van der Waals surface area contributed by atoms with Crippen LogP contribution in [0, 0.1) is 0 Å². The van der Waals surface area contributed by atoms with Gasteiger partial charge in [0.1, 0.15) is 5.82 Å². The SMILES string of the molecule is NN(CCCc1nnn[nH]1)c1nc(=O)[nH][nH]1. The van der Waals surface area contributed by atoms with E-state index in [-0.39, 0.29) is 0 Å². The van der Waals surface area contributed by atoms with Crippen molar-refractivity contribution >= 4 is 5.95 Å². The Hall–Kier alpha value is -2.23. The molecule has 0 aliphatic heterocycles. The first-order chi connectivity index (χ1) is 7.75. The van der Waals surface area contributed by atoms with Crippen LogP contribution in [0.25, 0.3) is 0 Å². The largest absolute Gasteiger partial charge is 0.362 e. The zero-order chi connectivity index (χ0) is 11.4. The van der Waals surface area contributed by atoms with E-state index in [2.05, 4.69) is 35.8 Å². The topological polar surface area (TPSA) is 145 Å². The maximum Gasteiger partial charge on any atom is 0.362 e. The lowest BCUT2D eigenvalue weighted by Crippen LogP contribution is -2.33. The Morgan fingerprint density at radius 3 is 2.88 bits per heavy atom. The number of tetrazole rings is 1. The van der Waals surface area contributed by atoms with Gasteiger partial charge in [0, 0.05) is 13.0 Å². The third-order valence-corrected chi connectivity index (χ3v) is 1.96. The summed E-state index contributed by atoms with van der Waals surface area (Å²) in [7, 11) is 0. The number of rotatable bonds is 5. The fraction of sp³-hybridized carbons (Fsp3) is 0.500. The van der Waals surface area contributed by atoms with Gasteiger partial charge in [-0.2, -0.15) is 4.98 Å². The van der Waals surface area contributed by atoms with E-state index in [4.69, 9.17) is 5.84 Å². The van der Waals surface area contributed by atoms with E-state index >= 15 is 0 Å². The number of aromatic nitrogens is 7. The molecule has 0 saturated carbocycles. The van der Waals surface area contributed by atoms with Crippen molar-refractivity contribution in [1.82, 2.24) is 35.8 Å². The van der Waals surface area contributed by atoms with Crippen LogP contribution in [0.3, 0.4) is 0 Å². The molecule has 5 N–H and O–H groups in total. The standard InChI is InChI=1S/C6H11N9O/c7-15(5-8-6(16)12-11-5)3-1-2-4-9-13-14-10-4/h1-3,7H2,(H2,8,11,12,16)(H,9,10,13,14). The van der Waals surface area contributed by atoms with Crippen LogP contribution in [0.2, 0.25) is 0 Å². The van der Waals surface area contributed by atoms with Gasteiger partial charge in [-0.1, -0.05) is 0 Å². The third-order valence-electron chi connectivity index (χ3n) is 1.96. The number of aryl methyl sites for hydroxylation is 1. The quantitative estimate of drug-likeness (QED) is 0.337. The van der Waals surface area contributed by atoms with E-state index in [0.717, 1.165) is 6.42 Å². The molecule has 2 aromatic rings. The average molecular weight is 225 g/mol. The molecular formula is C6H11N9O. The second-order valence-corrected chi connectivity index (χ2v) is 3.14. The summed E-state index contributed by atoms with van der Waals surface area (Å²) in [5.74, 6) is 6.67. The summed E-state index contributed by atoms with van der Waals surface area (Å²) < 4.78 is 0. The van der Waals surface area contributed by atoms with Crippen molar-refractivity contribution in [3.05, 3.63) is 16.3 Å². The molecular weight excluding hydrogens is 214 g/mol. The number of H-pyrrole nitrogens is 3. The van der Waals surface area contributed by atoms with Crippen molar-refractivity contribution in [2.24, 2.45) is 5.84 Å². The predicted molar refractivity (Wildman–Crippen MR) is 53.2 cm³/mol. The molecule has 0 amide bonds. The number of hydrogen-bond donors (Lipinski definition) is 4. The molecule has 0 radical (unpaired) electrons. The molecule has 2 aromatic heterocycles. The molecule has 16 heavy (non-hydrogen) atoms. The van der Waals surface area contributed by atoms with E-state index < -0.39 is 5.69 Å². The van der Waals surface area contributed by atoms with Gasteiger partial charge < -0.3 is 0 Å². The monoisotopic (exact) mass is 225 g/mol. The van der Waals surface area contributed by atoms with Gasteiger partial charge in [-0.05, 0) is 16.8 Å². The predicted octanol–water partition coefficient (Wildman–Crippen LogP) is -2.08. The minimum absolute atomic E-state index is 0.306. The number of anilines is 1. The van der Waals surface area contributed by atoms with Gasteiger partial charge in [0.15, 0.2) is 0 Å². The summed E-state index contributed by atoms with van der Waals surface area (Å²) in [4.78, 5) is 14.4. The molecule has 0 bridgehead atoms. The fourth-order valence-electron chi connectivity index (χ4n) is 1.20. The van der Waals surface area contributed by atoms with Crippen LogP contribution in [0.15, 0.2) is 4.79 Å². The molecule has 0 unspecified atom stereocenters. The van der Waals surface area contributed by atoms with Gasteiger partial charge in [0.25, 0.3) is 0 Å². The molecule has 2 heterocycles. The lowest BCUT2D eigenvalue weighted by molar-refractivity contribution is 0.714. The Labute approximate surface area is 89.2 Å². The summed E-state index contributed by atoms with van der Waals surface area (Å²) in [5, 5.41) is 19.5. The first kappa shape index (κ1) is 10.3. The first-order valence-corrected chi connectivity index (χ1v) is 4.65. The zero-order valence-electron chi connectivity index (χ0n) is 8.34. The molecule has 0 atom stereocenters. The fourth-order valence-corrected chi connectivity index (χ4v) is 1.20. The number of nitrogens with zero attached hydrogens (tertiary/aromatic N) is 5. The molecule has 0 saturated heterocycles. The van der Waals surface area contributed by atoms with Crippen LogP contribution in [0.1, 0.15) is 12.2 Å². The van der Waals surface area contributed by atoms with Crippen molar-refractivity contribution in [3.8, 4) is 0 Å². The third kappa shape index (κ3) is 2.42. The molecule has 2 rings (SSSR count). The first-order valence-electron chi connectivity index (χ1n) is 4.65. The Balaban J connectivity index is 1.80. The van der Waals surface area contributed by atoms with Crippen molar-refractivity contribution < 1.29 is 0 Å². The van der Waals surface area contributed by atoms with E-state index in [0.29, 0.717) is 24.7 Å². The second-order valence-electron chi connectivity index (χ2n) is 3.14. The Kier molecular flexibility index (Phi) is 2.91. The minimum Gasteiger partial charge on any atom is -0.279 e. The molecule has 10 nitrogen and oxygen atoms in total. The number of nitrogens with two attached hydrogens (primary N) is 1. The lowest BCUT2D eigenvalue weighted by atomic mass is 10.3. The van der Waals surface area contributed by atoms with Crippen LogP contribution in [-0.4, -0.2) is 42.4 Å². The molecule has 0 aromatic carbocycles. The van der Waals surface area contributed by atoms with Gasteiger partial charge in [-0.3, -0.25) is 10.1 Å². The van der Waals surface area contributed by atoms with Crippen LogP contribution < -0.4 is 16.5 Å². The molecule has 0 aliphatic rings. The maximum atomic E-state index is 10.7. The van der Waals surface area contributed by atoms with E-state index in [1.807, 2.05) is 0 Å². The van der Waals surface area contributed by atoms with Crippen molar-refractivity contribution in [3.63, 3.8) is 0 Å². The van der Waals surface area contributed by atoms with E-state index in [1.54, 1.807) is 0 Å². The van der Waals surface area contributed by atoms with Crippen LogP contribution in [0.4, 0.5) is 5.95 Å². The summed E-state index contributed by atoms with van der Waals surface area (Å²) in [6, 6.07) is 0. The normalized spacial score (nSPS) is 10.6. The number of hydrazine groups is 1. The molecule has 86 valence electrons. The molecule has 0 fully saturated rings. The highest BCUT2D eigenvalue weighted by atomic mass is 16.1. The average Bonchev–Trinajstić information content (AvgIpc) is 2.89. The van der Waals surface area contributed by atoms with Gasteiger partial charge in [0.2, 0.25) is 5.95 Å². The van der Waals surface area contributed by atoms with Crippen molar-refractivity contribution in [2.45, 2.75) is 12.8 Å². The summed E-state index contributed by atoms with van der Waals surface area (Å²) in [6.45, 7) is 0.529. The highest BCUT2D eigenvalue weighted by Crippen LogP contribution is 1.99. The van der Waals surface area contributed by atoms with Crippen molar-refractivity contribution in [1.29, 1.82) is 0 Å². The number of nitrogens with one attached hydrogen (secondary N) is 3. The second kappa shape index (κ2) is 4.53. The van der Waals surface area contributed by atoms with Crippen LogP contribution >= 0.6 is 0 Å². The van der Waals surface area contributed by atoms with Gasteiger partial charge in [-0.15, -0.1) is 5.10 Å². The van der Waals surface area contributed by atoms with Gasteiger partial charge in [-0.25, -0.2) is 20.8 Å². The highest BCUT2D eigenvalue weighted by molar-refractivity contribution is 5.23. The summed E-state index contributed by atoms with van der Waals surface area (Å²) >= 11 is 0. The van der Waals surface area contributed by atoms with Crippen molar-refractivity contribution in [2.75, 3.05) is 11.6 Å². The van der Waals surface area contributed by atoms with Gasteiger partial charge in [0.05, 0.1) is 0 Å². The molecule has 0 spiro atoms. The molecule has 10 heteroatoms. The summed E-state index contributed by atoms with van der Waals surface area (Å²) in [5.41, 5.74) is -0.454. The van der Waals surface area contributed by atoms with Crippen LogP contribution in [0.5, 0.6) is 0 Å². The Morgan fingerprint density at radius 2 is 2.25 bits per heavy atom. The summed E-state index contributed by atoms with van der Waals surface area (Å²) in [6.07, 6.45) is 1.41. The minimum atomic E-state index is -0.454. The number of aromatic amines is 3. The van der Waals surface area contributed by atoms with E-state index in [1.165, 1.54) is 5.01 Å². The van der Waals surface area contributed by atoms with Crippen LogP contribution in [-0.2, 0) is 6.42 Å². The van der Waals surface area contributed by atoms with E-state index in [9.17, 15) is 4.79 Å². The lowest BCUT2D eigenvalue weighted by Gasteiger charge is -2.13. The zero-order valence-corrected chi connectivity index (χ0v) is 8.34. The molecule has 0 aliphatic carbocycles. The van der Waals surface area contributed by atoms with Gasteiger partial charge >= 0.3 is 5.69 Å².